The molecule has 0 bridgehead atoms. The maximum atomic E-state index is 10.5. The molecule has 0 amide bonds. The topological polar surface area (TPSA) is 110 Å². The zero-order chi connectivity index (χ0) is 9.89. The van der Waals surface area contributed by atoms with E-state index in [1.807, 2.05) is 0 Å². The van der Waals surface area contributed by atoms with Gasteiger partial charge in [-0.15, -0.1) is 0 Å². The van der Waals surface area contributed by atoms with Crippen molar-refractivity contribution in [2.75, 3.05) is 0 Å². The summed E-state index contributed by atoms with van der Waals surface area (Å²) >= 11 is 0. The van der Waals surface area contributed by atoms with Gasteiger partial charge in [0.25, 0.3) is 0 Å². The second-order valence-electron chi connectivity index (χ2n) is 3.11. The molecule has 0 rings (SSSR count). The Morgan fingerprint density at radius 2 is 1.15 bits per heavy atom. The molecule has 0 aromatic rings. The van der Waals surface area contributed by atoms with Crippen molar-refractivity contribution in [1.29, 1.82) is 0 Å². The fourth-order valence-electron chi connectivity index (χ4n) is 0.883. The molecule has 0 fully saturated rings. The fourth-order valence-corrected chi connectivity index (χ4v) is 0.883. The quantitative estimate of drug-likeness (QED) is 0.619. The van der Waals surface area contributed by atoms with Gasteiger partial charge in [0.05, 0.1) is 11.8 Å². The molecule has 0 aromatic heterocycles. The van der Waals surface area contributed by atoms with E-state index >= 15 is 0 Å². The lowest BCUT2D eigenvalue weighted by Crippen LogP contribution is -2.28. The van der Waals surface area contributed by atoms with Gasteiger partial charge in [0, 0.05) is 0 Å². The Hall–Kier alpha value is -1.10. The Balaban J connectivity index is 0. The molecular weight excluding hydrogens is 174 g/mol. The molecule has 5 N–H and O–H groups in total. The van der Waals surface area contributed by atoms with Crippen molar-refractivity contribution < 1.29 is 19.8 Å². The Kier molecular flexibility index (Phi) is 6.14. The number of hydrogen-bond donors (Lipinski definition) is 3. The number of hydrogen-bond acceptors (Lipinski definition) is 3. The van der Waals surface area contributed by atoms with Crippen LogP contribution in [-0.2, 0) is 9.59 Å². The number of carboxylic acid groups (broad SMARTS) is 2. The van der Waals surface area contributed by atoms with Gasteiger partial charge >= 0.3 is 11.9 Å². The predicted octanol–water partition coefficient (Wildman–Crippen LogP) is 1.23. The fraction of sp³-hybridized carbons (Fsp3) is 0.750. The highest BCUT2D eigenvalue weighted by Crippen LogP contribution is 2.20. The van der Waals surface area contributed by atoms with Crippen molar-refractivity contribution in [3.05, 3.63) is 0 Å². The Labute approximate surface area is 77.3 Å². The molecule has 0 heterocycles. The third kappa shape index (κ3) is 3.89. The van der Waals surface area contributed by atoms with Gasteiger partial charge in [-0.3, -0.25) is 9.59 Å². The van der Waals surface area contributed by atoms with Crippen molar-refractivity contribution in [3.8, 4) is 0 Å². The molecule has 0 aliphatic rings. The van der Waals surface area contributed by atoms with Gasteiger partial charge in [-0.1, -0.05) is 20.8 Å². The van der Waals surface area contributed by atoms with Gasteiger partial charge in [0.2, 0.25) is 0 Å². The van der Waals surface area contributed by atoms with Gasteiger partial charge in [-0.25, -0.2) is 0 Å². The van der Waals surface area contributed by atoms with E-state index < -0.39 is 23.8 Å². The molecule has 2 atom stereocenters. The van der Waals surface area contributed by atoms with Crippen LogP contribution < -0.4 is 6.15 Å². The van der Waals surface area contributed by atoms with Crippen LogP contribution in [0.3, 0.4) is 0 Å². The molecule has 0 radical (unpaired) electrons. The first-order valence-electron chi connectivity index (χ1n) is 3.83. The molecule has 0 aliphatic carbocycles. The third-order valence-electron chi connectivity index (χ3n) is 2.36. The smallest absolute Gasteiger partial charge is 0.306 e. The second-order valence-corrected chi connectivity index (χ2v) is 3.11. The average Bonchev–Trinajstić information content (AvgIpc) is 2.00. The first-order chi connectivity index (χ1) is 5.37. The van der Waals surface area contributed by atoms with Gasteiger partial charge in [0.15, 0.2) is 0 Å². The van der Waals surface area contributed by atoms with E-state index in [9.17, 15) is 9.59 Å². The van der Waals surface area contributed by atoms with Crippen LogP contribution in [0, 0.1) is 17.8 Å². The molecular formula is C8H17NO4. The van der Waals surface area contributed by atoms with Gasteiger partial charge in [-0.2, -0.15) is 0 Å². The van der Waals surface area contributed by atoms with Crippen LogP contribution >= 0.6 is 0 Å². The van der Waals surface area contributed by atoms with E-state index in [2.05, 4.69) is 0 Å². The Morgan fingerprint density at radius 1 is 0.923 bits per heavy atom. The van der Waals surface area contributed by atoms with Crippen LogP contribution in [0.5, 0.6) is 0 Å². The summed E-state index contributed by atoms with van der Waals surface area (Å²) in [5.41, 5.74) is 0. The summed E-state index contributed by atoms with van der Waals surface area (Å²) < 4.78 is 0. The van der Waals surface area contributed by atoms with E-state index in [1.54, 1.807) is 6.92 Å². The van der Waals surface area contributed by atoms with E-state index in [1.165, 1.54) is 13.8 Å². The maximum absolute atomic E-state index is 10.5. The molecule has 0 aromatic carbocycles. The van der Waals surface area contributed by atoms with Crippen LogP contribution in [-0.4, -0.2) is 22.2 Å². The van der Waals surface area contributed by atoms with Crippen LogP contribution in [0.25, 0.3) is 0 Å². The molecule has 78 valence electrons. The molecule has 5 nitrogen and oxygen atoms in total. The summed E-state index contributed by atoms with van der Waals surface area (Å²) in [6, 6.07) is 0. The van der Waals surface area contributed by atoms with E-state index in [0.29, 0.717) is 0 Å². The first-order valence-corrected chi connectivity index (χ1v) is 3.83. The van der Waals surface area contributed by atoms with Crippen LogP contribution in [0.2, 0.25) is 0 Å². The highest BCUT2D eigenvalue weighted by atomic mass is 16.4. The van der Waals surface area contributed by atoms with Crippen molar-refractivity contribution in [3.63, 3.8) is 0 Å². The van der Waals surface area contributed by atoms with Crippen LogP contribution in [0.15, 0.2) is 0 Å². The standard InChI is InChI=1S/C8H14O4.H3N/c1-4(5(2)7(9)10)6(3)8(11)12;/h4-6H,1-3H3,(H,9,10)(H,11,12);1H3. The summed E-state index contributed by atoms with van der Waals surface area (Å²) in [6.45, 7) is 4.68. The minimum atomic E-state index is -0.949. The van der Waals surface area contributed by atoms with E-state index in [0.717, 1.165) is 0 Å². The van der Waals surface area contributed by atoms with Crippen LogP contribution in [0.1, 0.15) is 20.8 Å². The third-order valence-corrected chi connectivity index (χ3v) is 2.36. The minimum absolute atomic E-state index is 0. The monoisotopic (exact) mass is 191 g/mol. The summed E-state index contributed by atoms with van der Waals surface area (Å²) in [4.78, 5) is 20.9. The molecule has 0 saturated heterocycles. The lowest BCUT2D eigenvalue weighted by molar-refractivity contribution is -0.147. The molecule has 2 unspecified atom stereocenters. The molecule has 0 aliphatic heterocycles. The summed E-state index contributed by atoms with van der Waals surface area (Å²) in [6.07, 6.45) is 0. The highest BCUT2D eigenvalue weighted by molar-refractivity contribution is 5.73. The second kappa shape index (κ2) is 5.53. The lowest BCUT2D eigenvalue weighted by Gasteiger charge is -2.19. The summed E-state index contributed by atoms with van der Waals surface area (Å²) in [7, 11) is 0. The normalized spacial score (nSPS) is 16.5. The zero-order valence-corrected chi connectivity index (χ0v) is 8.15. The van der Waals surface area contributed by atoms with Crippen molar-refractivity contribution >= 4 is 11.9 Å². The Bertz CT molecular complexity index is 173. The van der Waals surface area contributed by atoms with Crippen molar-refractivity contribution in [1.82, 2.24) is 6.15 Å². The minimum Gasteiger partial charge on any atom is -0.481 e. The van der Waals surface area contributed by atoms with E-state index in [4.69, 9.17) is 10.2 Å². The first kappa shape index (κ1) is 14.4. The molecule has 0 saturated carbocycles. The predicted molar refractivity (Wildman–Crippen MR) is 47.8 cm³/mol. The van der Waals surface area contributed by atoms with E-state index in [-0.39, 0.29) is 12.1 Å². The Morgan fingerprint density at radius 3 is 1.31 bits per heavy atom. The van der Waals surface area contributed by atoms with Crippen molar-refractivity contribution in [2.45, 2.75) is 20.8 Å². The number of aliphatic carboxylic acids is 2. The number of carbonyl (C=O) groups is 2. The SMILES string of the molecule is CC(C(=O)O)C(C)C(C)C(=O)O.N. The van der Waals surface area contributed by atoms with Gasteiger partial charge < -0.3 is 16.4 Å². The number of rotatable bonds is 4. The van der Waals surface area contributed by atoms with Crippen LogP contribution in [0.4, 0.5) is 0 Å². The molecule has 13 heavy (non-hydrogen) atoms. The number of carboxylic acids is 2. The average molecular weight is 191 g/mol. The van der Waals surface area contributed by atoms with Gasteiger partial charge in [0.1, 0.15) is 0 Å². The zero-order valence-electron chi connectivity index (χ0n) is 8.15. The van der Waals surface area contributed by atoms with Crippen molar-refractivity contribution in [2.24, 2.45) is 17.8 Å². The summed E-state index contributed by atoms with van der Waals surface area (Å²) in [5.74, 6) is -3.47. The highest BCUT2D eigenvalue weighted by Gasteiger charge is 2.28. The molecule has 5 heteroatoms. The lowest BCUT2D eigenvalue weighted by atomic mass is 9.85. The maximum Gasteiger partial charge on any atom is 0.306 e. The summed E-state index contributed by atoms with van der Waals surface area (Å²) in [5, 5.41) is 17.2. The molecule has 0 spiro atoms. The largest absolute Gasteiger partial charge is 0.481 e. The van der Waals surface area contributed by atoms with Gasteiger partial charge in [-0.05, 0) is 5.92 Å².